The highest BCUT2D eigenvalue weighted by Crippen LogP contribution is 2.37. The maximum Gasteiger partial charge on any atom is 0.231 e. The molecule has 2 N–H and O–H groups in total. The second-order valence-electron chi connectivity index (χ2n) is 5.05. The van der Waals surface area contributed by atoms with Crippen LogP contribution in [-0.4, -0.2) is 18.4 Å². The van der Waals surface area contributed by atoms with Crippen LogP contribution in [0.3, 0.4) is 0 Å². The molecule has 1 aliphatic rings. The summed E-state index contributed by atoms with van der Waals surface area (Å²) in [5.74, 6) is 2.34. The molecule has 0 atom stereocenters. The molecule has 0 saturated carbocycles. The Kier molecular flexibility index (Phi) is 4.31. The van der Waals surface area contributed by atoms with Gasteiger partial charge in [-0.3, -0.25) is 0 Å². The van der Waals surface area contributed by atoms with Crippen molar-refractivity contribution in [2.75, 3.05) is 13.3 Å². The van der Waals surface area contributed by atoms with Crippen molar-refractivity contribution < 1.29 is 14.6 Å². The molecule has 0 radical (unpaired) electrons. The first-order valence-electron chi connectivity index (χ1n) is 6.49. The lowest BCUT2D eigenvalue weighted by Gasteiger charge is -2.09. The van der Waals surface area contributed by atoms with Gasteiger partial charge in [0.05, 0.1) is 0 Å². The van der Waals surface area contributed by atoms with Gasteiger partial charge in [0.2, 0.25) is 6.79 Å². The third kappa shape index (κ3) is 3.29. The molecular weight excluding hydrogens is 230 g/mol. The highest BCUT2D eigenvalue weighted by Gasteiger charge is 2.16. The molecule has 1 aromatic carbocycles. The molecule has 0 saturated heterocycles. The van der Waals surface area contributed by atoms with Crippen LogP contribution in [0.15, 0.2) is 12.1 Å². The zero-order chi connectivity index (χ0) is 13.0. The normalized spacial score (nSPS) is 13.3. The third-order valence-electron chi connectivity index (χ3n) is 3.02. The number of fused-ring (bicyclic) bond motifs is 1. The van der Waals surface area contributed by atoms with Crippen LogP contribution >= 0.6 is 0 Å². The predicted molar refractivity (Wildman–Crippen MR) is 70.0 cm³/mol. The summed E-state index contributed by atoms with van der Waals surface area (Å²) < 4.78 is 10.5. The molecule has 4 nitrogen and oxygen atoms in total. The van der Waals surface area contributed by atoms with Gasteiger partial charge in [0.1, 0.15) is 5.75 Å². The maximum absolute atomic E-state index is 9.84. The van der Waals surface area contributed by atoms with Gasteiger partial charge in [-0.05, 0) is 31.4 Å². The minimum Gasteiger partial charge on any atom is -0.507 e. The molecule has 0 unspecified atom stereocenters. The second-order valence-corrected chi connectivity index (χ2v) is 5.05. The van der Waals surface area contributed by atoms with Crippen molar-refractivity contribution >= 4 is 0 Å². The van der Waals surface area contributed by atoms with E-state index in [4.69, 9.17) is 9.47 Å². The fraction of sp³-hybridized carbons (Fsp3) is 0.571. The number of ether oxygens (including phenoxy) is 2. The van der Waals surface area contributed by atoms with Crippen LogP contribution in [0.2, 0.25) is 0 Å². The lowest BCUT2D eigenvalue weighted by atomic mass is 10.1. The first-order valence-corrected chi connectivity index (χ1v) is 6.49. The highest BCUT2D eigenvalue weighted by molar-refractivity contribution is 5.51. The molecule has 2 rings (SSSR count). The van der Waals surface area contributed by atoms with Gasteiger partial charge in [-0.15, -0.1) is 0 Å². The van der Waals surface area contributed by atoms with Crippen LogP contribution < -0.4 is 14.8 Å². The van der Waals surface area contributed by atoms with E-state index in [1.165, 1.54) is 6.42 Å². The van der Waals surface area contributed by atoms with Crippen LogP contribution in [0, 0.1) is 5.92 Å². The maximum atomic E-state index is 9.84. The molecule has 100 valence electrons. The van der Waals surface area contributed by atoms with E-state index in [1.54, 1.807) is 6.07 Å². The Labute approximate surface area is 108 Å². The van der Waals surface area contributed by atoms with E-state index < -0.39 is 0 Å². The predicted octanol–water partition coefficient (Wildman–Crippen LogP) is 2.65. The average molecular weight is 251 g/mol. The molecule has 4 heteroatoms. The van der Waals surface area contributed by atoms with Gasteiger partial charge in [0.25, 0.3) is 0 Å². The average Bonchev–Trinajstić information content (AvgIpc) is 2.75. The summed E-state index contributed by atoms with van der Waals surface area (Å²) in [6, 6.07) is 3.46. The Morgan fingerprint density at radius 2 is 2.00 bits per heavy atom. The van der Waals surface area contributed by atoms with E-state index in [0.29, 0.717) is 18.0 Å². The Balaban J connectivity index is 1.82. The summed E-state index contributed by atoms with van der Waals surface area (Å²) >= 11 is 0. The van der Waals surface area contributed by atoms with Crippen molar-refractivity contribution in [3.05, 3.63) is 17.7 Å². The molecule has 1 aromatic rings. The fourth-order valence-electron chi connectivity index (χ4n) is 1.97. The highest BCUT2D eigenvalue weighted by atomic mass is 16.7. The largest absolute Gasteiger partial charge is 0.507 e. The molecule has 0 aliphatic carbocycles. The van der Waals surface area contributed by atoms with E-state index in [2.05, 4.69) is 19.2 Å². The molecule has 0 spiro atoms. The van der Waals surface area contributed by atoms with Gasteiger partial charge in [-0.2, -0.15) is 0 Å². The number of phenols is 1. The van der Waals surface area contributed by atoms with Crippen molar-refractivity contribution in [3.63, 3.8) is 0 Å². The quantitative estimate of drug-likeness (QED) is 0.763. The van der Waals surface area contributed by atoms with E-state index in [0.717, 1.165) is 24.4 Å². The van der Waals surface area contributed by atoms with Crippen molar-refractivity contribution in [1.82, 2.24) is 5.32 Å². The van der Waals surface area contributed by atoms with Gasteiger partial charge in [0.15, 0.2) is 11.5 Å². The molecule has 1 aliphatic heterocycles. The van der Waals surface area contributed by atoms with Crippen molar-refractivity contribution in [2.45, 2.75) is 33.2 Å². The number of rotatable bonds is 6. The molecule has 0 amide bonds. The van der Waals surface area contributed by atoms with E-state index in [-0.39, 0.29) is 12.5 Å². The SMILES string of the molecule is CC(C)CCCNCc1cc2c(cc1O)OCO2. The second kappa shape index (κ2) is 5.96. The number of aromatic hydroxyl groups is 1. The number of nitrogens with one attached hydrogen (secondary N) is 1. The van der Waals surface area contributed by atoms with Gasteiger partial charge in [0, 0.05) is 18.2 Å². The summed E-state index contributed by atoms with van der Waals surface area (Å²) in [6.45, 7) is 6.31. The smallest absolute Gasteiger partial charge is 0.231 e. The van der Waals surface area contributed by atoms with Crippen LogP contribution in [0.4, 0.5) is 0 Å². The third-order valence-corrected chi connectivity index (χ3v) is 3.02. The number of hydrogen-bond acceptors (Lipinski definition) is 4. The molecular formula is C14H21NO3. The zero-order valence-corrected chi connectivity index (χ0v) is 11.0. The Hall–Kier alpha value is -1.42. The van der Waals surface area contributed by atoms with Crippen LogP contribution in [0.5, 0.6) is 17.2 Å². The summed E-state index contributed by atoms with van der Waals surface area (Å²) in [5, 5.41) is 13.2. The van der Waals surface area contributed by atoms with Gasteiger partial charge < -0.3 is 19.9 Å². The van der Waals surface area contributed by atoms with Gasteiger partial charge in [-0.1, -0.05) is 13.8 Å². The number of benzene rings is 1. The van der Waals surface area contributed by atoms with Gasteiger partial charge in [-0.25, -0.2) is 0 Å². The van der Waals surface area contributed by atoms with Crippen molar-refractivity contribution in [3.8, 4) is 17.2 Å². The van der Waals surface area contributed by atoms with E-state index in [9.17, 15) is 5.11 Å². The van der Waals surface area contributed by atoms with Crippen LogP contribution in [-0.2, 0) is 6.54 Å². The first-order chi connectivity index (χ1) is 8.66. The van der Waals surface area contributed by atoms with Crippen LogP contribution in [0.1, 0.15) is 32.3 Å². The summed E-state index contributed by atoms with van der Waals surface area (Å²) in [7, 11) is 0. The first kappa shape index (κ1) is 13.0. The summed E-state index contributed by atoms with van der Waals surface area (Å²) in [4.78, 5) is 0. The lowest BCUT2D eigenvalue weighted by Crippen LogP contribution is -2.15. The molecule has 1 heterocycles. The summed E-state index contributed by atoms with van der Waals surface area (Å²) in [6.07, 6.45) is 2.38. The monoisotopic (exact) mass is 251 g/mol. The van der Waals surface area contributed by atoms with Gasteiger partial charge >= 0.3 is 0 Å². The zero-order valence-electron chi connectivity index (χ0n) is 11.0. The minimum absolute atomic E-state index is 0.236. The Bertz CT molecular complexity index is 404. The molecule has 0 fully saturated rings. The number of hydrogen-bond donors (Lipinski definition) is 2. The number of phenolic OH excluding ortho intramolecular Hbond substituents is 1. The topological polar surface area (TPSA) is 50.7 Å². The molecule has 0 bridgehead atoms. The minimum atomic E-state index is 0.236. The lowest BCUT2D eigenvalue weighted by molar-refractivity contribution is 0.174. The van der Waals surface area contributed by atoms with E-state index in [1.807, 2.05) is 6.07 Å². The van der Waals surface area contributed by atoms with Crippen molar-refractivity contribution in [1.29, 1.82) is 0 Å². The fourth-order valence-corrected chi connectivity index (χ4v) is 1.97. The van der Waals surface area contributed by atoms with Crippen molar-refractivity contribution in [2.24, 2.45) is 5.92 Å². The standard InChI is InChI=1S/C14H21NO3/c1-10(2)4-3-5-15-8-11-6-13-14(7-12(11)16)18-9-17-13/h6-7,10,15-16H,3-5,8-9H2,1-2H3. The molecule has 0 aromatic heterocycles. The van der Waals surface area contributed by atoms with Crippen LogP contribution in [0.25, 0.3) is 0 Å². The Morgan fingerprint density at radius 3 is 2.72 bits per heavy atom. The molecule has 18 heavy (non-hydrogen) atoms. The summed E-state index contributed by atoms with van der Waals surface area (Å²) in [5.41, 5.74) is 0.851. The van der Waals surface area contributed by atoms with E-state index >= 15 is 0 Å². The Morgan fingerprint density at radius 1 is 1.28 bits per heavy atom.